The summed E-state index contributed by atoms with van der Waals surface area (Å²) < 4.78 is 10.6. The Morgan fingerprint density at radius 2 is 2.15 bits per heavy atom. The average Bonchev–Trinajstić information content (AvgIpc) is 2.43. The molecule has 20 heavy (non-hydrogen) atoms. The van der Waals surface area contributed by atoms with Gasteiger partial charge in [0.25, 0.3) is 0 Å². The third-order valence-electron chi connectivity index (χ3n) is 2.80. The molecule has 0 fully saturated rings. The van der Waals surface area contributed by atoms with Crippen LogP contribution in [0.2, 0.25) is 0 Å². The van der Waals surface area contributed by atoms with Crippen LogP contribution in [0.5, 0.6) is 0 Å². The molecule has 1 unspecified atom stereocenters. The number of nitrogens with one attached hydrogen (secondary N) is 1. The van der Waals surface area contributed by atoms with Gasteiger partial charge in [0.1, 0.15) is 0 Å². The zero-order chi connectivity index (χ0) is 15.0. The van der Waals surface area contributed by atoms with Gasteiger partial charge in [-0.05, 0) is 31.5 Å². The van der Waals surface area contributed by atoms with Gasteiger partial charge in [-0.1, -0.05) is 12.1 Å². The molecule has 0 radical (unpaired) electrons. The van der Waals surface area contributed by atoms with Gasteiger partial charge in [-0.2, -0.15) is 0 Å². The minimum absolute atomic E-state index is 0.107. The minimum Gasteiger partial charge on any atom is -0.380 e. The van der Waals surface area contributed by atoms with Crippen molar-refractivity contribution in [2.45, 2.75) is 39.1 Å². The third-order valence-corrected chi connectivity index (χ3v) is 2.80. The number of hydrogen-bond acceptors (Lipinski definition) is 4. The van der Waals surface area contributed by atoms with Crippen molar-refractivity contribution in [3.05, 3.63) is 29.8 Å². The van der Waals surface area contributed by atoms with Crippen LogP contribution in [0, 0.1) is 0 Å². The molecule has 0 spiro atoms. The van der Waals surface area contributed by atoms with Crippen molar-refractivity contribution in [1.29, 1.82) is 0 Å². The van der Waals surface area contributed by atoms with Gasteiger partial charge >= 0.3 is 0 Å². The molecule has 0 aliphatic heterocycles. The first-order valence-electron chi connectivity index (χ1n) is 6.78. The molecular weight excluding hydrogens is 256 g/mol. The summed E-state index contributed by atoms with van der Waals surface area (Å²) in [5.41, 5.74) is 7.28. The summed E-state index contributed by atoms with van der Waals surface area (Å²) in [7, 11) is 1.55. The van der Waals surface area contributed by atoms with E-state index in [1.54, 1.807) is 7.11 Å². The highest BCUT2D eigenvalue weighted by molar-refractivity contribution is 5.91. The molecule has 112 valence electrons. The van der Waals surface area contributed by atoms with E-state index in [0.29, 0.717) is 13.2 Å². The van der Waals surface area contributed by atoms with Crippen LogP contribution >= 0.6 is 0 Å². The highest BCUT2D eigenvalue weighted by Gasteiger charge is 2.11. The Hall–Kier alpha value is -1.43. The lowest BCUT2D eigenvalue weighted by Gasteiger charge is -2.13. The predicted molar refractivity (Wildman–Crippen MR) is 79.5 cm³/mol. The second-order valence-electron chi connectivity index (χ2n) is 4.91. The molecule has 0 aliphatic carbocycles. The lowest BCUT2D eigenvalue weighted by Crippen LogP contribution is -2.28. The standard InChI is InChI=1S/C15H24N2O3/c1-11(2)20-10-12-5-4-6-13(7-12)17-15(18)8-14(9-16)19-3/h4-7,11,14H,8-10,16H2,1-3H3,(H,17,18). The molecule has 1 aromatic carbocycles. The van der Waals surface area contributed by atoms with E-state index in [1.165, 1.54) is 0 Å². The Morgan fingerprint density at radius 3 is 2.75 bits per heavy atom. The van der Waals surface area contributed by atoms with Gasteiger partial charge in [-0.15, -0.1) is 0 Å². The first kappa shape index (κ1) is 16.6. The zero-order valence-corrected chi connectivity index (χ0v) is 12.4. The summed E-state index contributed by atoms with van der Waals surface area (Å²) in [4.78, 5) is 11.8. The van der Waals surface area contributed by atoms with Gasteiger partial charge in [0, 0.05) is 19.3 Å². The van der Waals surface area contributed by atoms with E-state index in [-0.39, 0.29) is 24.5 Å². The summed E-state index contributed by atoms with van der Waals surface area (Å²) in [5.74, 6) is -0.107. The maximum atomic E-state index is 11.8. The first-order valence-corrected chi connectivity index (χ1v) is 6.78. The van der Waals surface area contributed by atoms with E-state index in [2.05, 4.69) is 5.32 Å². The Morgan fingerprint density at radius 1 is 1.40 bits per heavy atom. The van der Waals surface area contributed by atoms with E-state index < -0.39 is 0 Å². The van der Waals surface area contributed by atoms with Crippen LogP contribution in [0.1, 0.15) is 25.8 Å². The van der Waals surface area contributed by atoms with E-state index in [9.17, 15) is 4.79 Å². The van der Waals surface area contributed by atoms with Crippen molar-refractivity contribution in [1.82, 2.24) is 0 Å². The van der Waals surface area contributed by atoms with Gasteiger partial charge in [0.05, 0.1) is 25.2 Å². The molecule has 5 nitrogen and oxygen atoms in total. The third kappa shape index (κ3) is 6.14. The second-order valence-corrected chi connectivity index (χ2v) is 4.91. The number of anilines is 1. The van der Waals surface area contributed by atoms with Gasteiger partial charge in [0.15, 0.2) is 0 Å². The maximum absolute atomic E-state index is 11.8. The number of benzene rings is 1. The largest absolute Gasteiger partial charge is 0.380 e. The normalized spacial score (nSPS) is 12.4. The first-order chi connectivity index (χ1) is 9.55. The highest BCUT2D eigenvalue weighted by Crippen LogP contribution is 2.13. The predicted octanol–water partition coefficient (Wildman–Crippen LogP) is 1.91. The molecule has 1 atom stereocenters. The van der Waals surface area contributed by atoms with Gasteiger partial charge in [-0.3, -0.25) is 4.79 Å². The van der Waals surface area contributed by atoms with E-state index >= 15 is 0 Å². The molecule has 0 aliphatic rings. The van der Waals surface area contributed by atoms with Gasteiger partial charge in [0.2, 0.25) is 5.91 Å². The molecule has 1 amide bonds. The van der Waals surface area contributed by atoms with Crippen molar-refractivity contribution in [3.63, 3.8) is 0 Å². The molecule has 1 aromatic rings. The fraction of sp³-hybridized carbons (Fsp3) is 0.533. The number of carbonyl (C=O) groups is 1. The number of nitrogens with two attached hydrogens (primary N) is 1. The Labute approximate surface area is 120 Å². The summed E-state index contributed by atoms with van der Waals surface area (Å²) >= 11 is 0. The zero-order valence-electron chi connectivity index (χ0n) is 12.4. The summed E-state index contributed by atoms with van der Waals surface area (Å²) in [6.45, 7) is 4.84. The Kier molecular flexibility index (Phi) is 7.22. The lowest BCUT2D eigenvalue weighted by atomic mass is 10.2. The monoisotopic (exact) mass is 280 g/mol. The summed E-state index contributed by atoms with van der Waals surface area (Å²) in [6.07, 6.45) is 0.183. The van der Waals surface area contributed by atoms with Gasteiger partial charge in [-0.25, -0.2) is 0 Å². The molecule has 0 saturated heterocycles. The molecule has 1 rings (SSSR count). The van der Waals surface area contributed by atoms with Crippen molar-refractivity contribution in [2.75, 3.05) is 19.0 Å². The fourth-order valence-corrected chi connectivity index (χ4v) is 1.68. The molecule has 0 bridgehead atoms. The van der Waals surface area contributed by atoms with Crippen LogP contribution in [0.4, 0.5) is 5.69 Å². The number of ether oxygens (including phenoxy) is 2. The molecule has 0 heterocycles. The van der Waals surface area contributed by atoms with Crippen molar-refractivity contribution in [3.8, 4) is 0 Å². The number of rotatable bonds is 8. The smallest absolute Gasteiger partial charge is 0.227 e. The Balaban J connectivity index is 2.54. The quantitative estimate of drug-likeness (QED) is 0.763. The SMILES string of the molecule is COC(CN)CC(=O)Nc1cccc(COC(C)C)c1. The number of amides is 1. The van der Waals surface area contributed by atoms with Gasteiger partial charge < -0.3 is 20.5 Å². The Bertz CT molecular complexity index is 417. The molecule has 0 aromatic heterocycles. The van der Waals surface area contributed by atoms with E-state index in [1.807, 2.05) is 38.1 Å². The van der Waals surface area contributed by atoms with Crippen molar-refractivity contribution >= 4 is 11.6 Å². The summed E-state index contributed by atoms with van der Waals surface area (Å²) in [6, 6.07) is 7.62. The maximum Gasteiger partial charge on any atom is 0.227 e. The van der Waals surface area contributed by atoms with Crippen LogP contribution in [-0.4, -0.2) is 31.8 Å². The molecule has 0 saturated carbocycles. The van der Waals surface area contributed by atoms with Crippen LogP contribution in [0.3, 0.4) is 0 Å². The highest BCUT2D eigenvalue weighted by atomic mass is 16.5. The average molecular weight is 280 g/mol. The van der Waals surface area contributed by atoms with Crippen molar-refractivity contribution in [2.24, 2.45) is 5.73 Å². The minimum atomic E-state index is -0.248. The second kappa shape index (κ2) is 8.68. The van der Waals surface area contributed by atoms with Crippen LogP contribution in [0.15, 0.2) is 24.3 Å². The lowest BCUT2D eigenvalue weighted by molar-refractivity contribution is -0.118. The molecule has 5 heteroatoms. The topological polar surface area (TPSA) is 73.6 Å². The van der Waals surface area contributed by atoms with E-state index in [4.69, 9.17) is 15.2 Å². The van der Waals surface area contributed by atoms with Crippen LogP contribution in [-0.2, 0) is 20.9 Å². The van der Waals surface area contributed by atoms with E-state index in [0.717, 1.165) is 11.3 Å². The summed E-state index contributed by atoms with van der Waals surface area (Å²) in [5, 5.41) is 2.84. The van der Waals surface area contributed by atoms with Crippen molar-refractivity contribution < 1.29 is 14.3 Å². The molecule has 3 N–H and O–H groups in total. The molecular formula is C15H24N2O3. The van der Waals surface area contributed by atoms with Crippen LogP contribution < -0.4 is 11.1 Å². The number of carbonyl (C=O) groups excluding carboxylic acids is 1. The number of methoxy groups -OCH3 is 1. The number of hydrogen-bond donors (Lipinski definition) is 2. The fourth-order valence-electron chi connectivity index (χ4n) is 1.68. The van der Waals surface area contributed by atoms with Crippen LogP contribution in [0.25, 0.3) is 0 Å².